The van der Waals surface area contributed by atoms with E-state index in [1.807, 2.05) is 38.1 Å². The number of hydrogen-bond acceptors (Lipinski definition) is 5. The van der Waals surface area contributed by atoms with Crippen LogP contribution in [0.1, 0.15) is 42.7 Å². The fourth-order valence-electron chi connectivity index (χ4n) is 2.95. The molecule has 29 heavy (non-hydrogen) atoms. The van der Waals surface area contributed by atoms with Crippen LogP contribution in [0.4, 0.5) is 0 Å². The van der Waals surface area contributed by atoms with Crippen LogP contribution in [0.3, 0.4) is 0 Å². The normalized spacial score (nSPS) is 11.1. The van der Waals surface area contributed by atoms with Crippen molar-refractivity contribution in [2.45, 2.75) is 33.2 Å². The Morgan fingerprint density at radius 2 is 1.86 bits per heavy atom. The van der Waals surface area contributed by atoms with Gasteiger partial charge in [-0.3, -0.25) is 9.59 Å². The molecule has 150 valence electrons. The minimum Gasteiger partial charge on any atom is -0.493 e. The summed E-state index contributed by atoms with van der Waals surface area (Å²) in [7, 11) is 0. The molecule has 0 atom stereocenters. The van der Waals surface area contributed by atoms with E-state index in [2.05, 4.69) is 15.6 Å². The van der Waals surface area contributed by atoms with Gasteiger partial charge >= 0.3 is 0 Å². The van der Waals surface area contributed by atoms with Crippen LogP contribution in [-0.4, -0.2) is 28.5 Å². The van der Waals surface area contributed by atoms with Gasteiger partial charge in [-0.1, -0.05) is 43.7 Å². The lowest BCUT2D eigenvalue weighted by Gasteiger charge is -2.10. The molecule has 0 fully saturated rings. The first-order valence-electron chi connectivity index (χ1n) is 9.70. The second kappa shape index (κ2) is 9.64. The Hall–Kier alpha value is -3.48. The van der Waals surface area contributed by atoms with Gasteiger partial charge in [-0.15, -0.1) is 0 Å². The molecule has 3 aromatic rings. The molecule has 0 aliphatic carbocycles. The summed E-state index contributed by atoms with van der Waals surface area (Å²) < 4.78 is 6.90. The smallest absolute Gasteiger partial charge is 0.292 e. The largest absolute Gasteiger partial charge is 0.493 e. The van der Waals surface area contributed by atoms with Crippen LogP contribution in [0.2, 0.25) is 0 Å². The highest BCUT2D eigenvalue weighted by molar-refractivity contribution is 6.05. The maximum absolute atomic E-state index is 12.8. The van der Waals surface area contributed by atoms with Crippen LogP contribution < -0.4 is 15.7 Å². The van der Waals surface area contributed by atoms with Crippen LogP contribution in [-0.2, 0) is 6.54 Å². The van der Waals surface area contributed by atoms with E-state index in [9.17, 15) is 9.59 Å². The van der Waals surface area contributed by atoms with Crippen molar-refractivity contribution in [3.05, 3.63) is 70.1 Å². The van der Waals surface area contributed by atoms with Gasteiger partial charge in [-0.2, -0.15) is 10.2 Å². The van der Waals surface area contributed by atoms with E-state index < -0.39 is 5.91 Å². The van der Waals surface area contributed by atoms with Crippen molar-refractivity contribution in [3.63, 3.8) is 0 Å². The number of rotatable bonds is 8. The Bertz CT molecular complexity index is 1090. The summed E-state index contributed by atoms with van der Waals surface area (Å²) >= 11 is 0. The average molecular weight is 392 g/mol. The fourth-order valence-corrected chi connectivity index (χ4v) is 2.95. The Labute approximate surface area is 169 Å². The third kappa shape index (κ3) is 4.68. The molecule has 7 nitrogen and oxygen atoms in total. The third-order valence-corrected chi connectivity index (χ3v) is 4.39. The number of hydrazone groups is 1. The molecule has 2 aromatic carbocycles. The lowest BCUT2D eigenvalue weighted by Crippen LogP contribution is -2.29. The number of nitrogens with zero attached hydrogens (tertiary/aromatic N) is 3. The first kappa shape index (κ1) is 20.3. The van der Waals surface area contributed by atoms with Crippen LogP contribution in [0.5, 0.6) is 5.75 Å². The number of carbonyl (C=O) groups is 1. The number of aryl methyl sites for hydroxylation is 1. The number of ether oxygens (including phenoxy) is 1. The summed E-state index contributed by atoms with van der Waals surface area (Å²) in [5.41, 5.74) is 3.24. The van der Waals surface area contributed by atoms with E-state index in [4.69, 9.17) is 4.74 Å². The fraction of sp³-hybridized carbons (Fsp3) is 0.273. The van der Waals surface area contributed by atoms with Crippen molar-refractivity contribution in [2.75, 3.05) is 6.61 Å². The number of fused-ring (bicyclic) bond motifs is 1. The van der Waals surface area contributed by atoms with Crippen molar-refractivity contribution >= 4 is 22.9 Å². The second-order valence-electron chi connectivity index (χ2n) is 6.45. The van der Waals surface area contributed by atoms with Gasteiger partial charge in [0.2, 0.25) is 0 Å². The van der Waals surface area contributed by atoms with Gasteiger partial charge in [-0.05, 0) is 31.5 Å². The molecule has 0 saturated carbocycles. The molecule has 3 rings (SSSR count). The first-order chi connectivity index (χ1) is 14.2. The predicted molar refractivity (Wildman–Crippen MR) is 114 cm³/mol. The Balaban J connectivity index is 1.89. The van der Waals surface area contributed by atoms with Crippen LogP contribution in [0.15, 0.2) is 58.4 Å². The van der Waals surface area contributed by atoms with Crippen LogP contribution in [0.25, 0.3) is 10.8 Å². The Kier molecular flexibility index (Phi) is 6.73. The molecule has 1 N–H and O–H groups in total. The maximum atomic E-state index is 12.8. The minimum atomic E-state index is -0.475. The monoisotopic (exact) mass is 392 g/mol. The number of benzene rings is 2. The maximum Gasteiger partial charge on any atom is 0.292 e. The molecule has 0 bridgehead atoms. The summed E-state index contributed by atoms with van der Waals surface area (Å²) in [4.78, 5) is 25.4. The van der Waals surface area contributed by atoms with Crippen molar-refractivity contribution in [3.8, 4) is 5.75 Å². The molecule has 0 saturated heterocycles. The van der Waals surface area contributed by atoms with E-state index in [-0.39, 0.29) is 11.3 Å². The van der Waals surface area contributed by atoms with E-state index in [0.717, 1.165) is 18.4 Å². The molecule has 0 spiro atoms. The van der Waals surface area contributed by atoms with Crippen molar-refractivity contribution < 1.29 is 9.53 Å². The summed E-state index contributed by atoms with van der Waals surface area (Å²) in [6.45, 7) is 4.94. The second-order valence-corrected chi connectivity index (χ2v) is 6.45. The highest BCUT2D eigenvalue weighted by Gasteiger charge is 2.16. The van der Waals surface area contributed by atoms with E-state index in [1.165, 1.54) is 10.9 Å². The SMILES string of the molecule is CCCCn1nc(C(=O)N/N=C\c2ccccc2OCC)c2ccccc2c1=O. The van der Waals surface area contributed by atoms with Crippen molar-refractivity contribution in [2.24, 2.45) is 5.10 Å². The highest BCUT2D eigenvalue weighted by atomic mass is 16.5. The zero-order valence-corrected chi connectivity index (χ0v) is 16.6. The number of unbranched alkanes of at least 4 members (excludes halogenated alkanes) is 1. The summed E-state index contributed by atoms with van der Waals surface area (Å²) in [5, 5.41) is 9.33. The number of para-hydroxylation sites is 1. The molecule has 7 heteroatoms. The zero-order chi connectivity index (χ0) is 20.6. The third-order valence-electron chi connectivity index (χ3n) is 4.39. The molecule has 0 aliphatic rings. The average Bonchev–Trinajstić information content (AvgIpc) is 2.75. The van der Waals surface area contributed by atoms with Gasteiger partial charge in [0.05, 0.1) is 18.2 Å². The van der Waals surface area contributed by atoms with Gasteiger partial charge in [0.25, 0.3) is 11.5 Å². The van der Waals surface area contributed by atoms with Crippen LogP contribution >= 0.6 is 0 Å². The standard InChI is InChI=1S/C22H24N4O3/c1-3-5-14-26-22(28)18-12-8-7-11-17(18)20(25-26)21(27)24-23-15-16-10-6-9-13-19(16)29-4-2/h6-13,15H,3-5,14H2,1-2H3,(H,24,27)/b23-15-. The lowest BCUT2D eigenvalue weighted by molar-refractivity contribution is 0.0949. The highest BCUT2D eigenvalue weighted by Crippen LogP contribution is 2.16. The Morgan fingerprint density at radius 1 is 1.14 bits per heavy atom. The Morgan fingerprint density at radius 3 is 2.62 bits per heavy atom. The lowest BCUT2D eigenvalue weighted by atomic mass is 10.1. The summed E-state index contributed by atoms with van der Waals surface area (Å²) in [6.07, 6.45) is 3.25. The summed E-state index contributed by atoms with van der Waals surface area (Å²) in [5.74, 6) is 0.210. The zero-order valence-electron chi connectivity index (χ0n) is 16.6. The van der Waals surface area contributed by atoms with E-state index in [1.54, 1.807) is 24.3 Å². The first-order valence-corrected chi connectivity index (χ1v) is 9.70. The number of hydrogen-bond donors (Lipinski definition) is 1. The predicted octanol–water partition coefficient (Wildman–Crippen LogP) is 3.36. The van der Waals surface area contributed by atoms with Gasteiger partial charge in [0.1, 0.15) is 5.75 Å². The molecule has 1 aromatic heterocycles. The molecule has 1 amide bonds. The minimum absolute atomic E-state index is 0.173. The molecule has 0 unspecified atom stereocenters. The molecule has 0 radical (unpaired) electrons. The van der Waals surface area contributed by atoms with Gasteiger partial charge in [0.15, 0.2) is 5.69 Å². The topological polar surface area (TPSA) is 85.6 Å². The molecular formula is C22H24N4O3. The summed E-state index contributed by atoms with van der Waals surface area (Å²) in [6, 6.07) is 14.4. The van der Waals surface area contributed by atoms with Gasteiger partial charge < -0.3 is 4.74 Å². The number of nitrogens with one attached hydrogen (secondary N) is 1. The van der Waals surface area contributed by atoms with E-state index >= 15 is 0 Å². The molecular weight excluding hydrogens is 368 g/mol. The molecule has 0 aliphatic heterocycles. The van der Waals surface area contributed by atoms with Crippen LogP contribution in [0, 0.1) is 0 Å². The van der Waals surface area contributed by atoms with Crippen molar-refractivity contribution in [1.29, 1.82) is 0 Å². The number of aromatic nitrogens is 2. The van der Waals surface area contributed by atoms with Crippen molar-refractivity contribution in [1.82, 2.24) is 15.2 Å². The van der Waals surface area contributed by atoms with Gasteiger partial charge in [-0.25, -0.2) is 10.1 Å². The number of amides is 1. The number of carbonyl (C=O) groups excluding carboxylic acids is 1. The van der Waals surface area contributed by atoms with Gasteiger partial charge in [0, 0.05) is 17.5 Å². The quantitative estimate of drug-likeness (QED) is 0.470. The molecule has 1 heterocycles. The van der Waals surface area contributed by atoms with E-state index in [0.29, 0.717) is 29.7 Å².